The van der Waals surface area contributed by atoms with E-state index >= 15 is 0 Å². The van der Waals surface area contributed by atoms with Crippen molar-refractivity contribution in [2.45, 2.75) is 25.9 Å². The molecule has 1 heterocycles. The van der Waals surface area contributed by atoms with E-state index in [-0.39, 0.29) is 22.6 Å². The van der Waals surface area contributed by atoms with E-state index in [2.05, 4.69) is 13.2 Å². The van der Waals surface area contributed by atoms with Crippen molar-refractivity contribution in [3.8, 4) is 16.9 Å². The third kappa shape index (κ3) is 5.44. The summed E-state index contributed by atoms with van der Waals surface area (Å²) in [7, 11) is 0. The number of alkyl halides is 3. The minimum Gasteiger partial charge on any atom is -0.463 e. The van der Waals surface area contributed by atoms with Crippen molar-refractivity contribution in [1.29, 1.82) is 0 Å². The van der Waals surface area contributed by atoms with Gasteiger partial charge in [-0.25, -0.2) is 9.59 Å². The highest BCUT2D eigenvalue weighted by Gasteiger charge is 2.37. The van der Waals surface area contributed by atoms with Crippen LogP contribution in [-0.4, -0.2) is 18.5 Å². The second-order valence-electron chi connectivity index (χ2n) is 8.33. The molecule has 0 aliphatic carbocycles. The summed E-state index contributed by atoms with van der Waals surface area (Å²) < 4.78 is 54.3. The smallest absolute Gasteiger partial charge is 0.418 e. The summed E-state index contributed by atoms with van der Waals surface area (Å²) >= 11 is 1.03. The quantitative estimate of drug-likeness (QED) is 0.102. The van der Waals surface area contributed by atoms with E-state index in [0.29, 0.717) is 39.4 Å². The Hall–Kier alpha value is -3.91. The molecule has 190 valence electrons. The molecule has 0 spiro atoms. The standard InChI is InChI=1S/C29H23F3O4S/c1-4-24(33)35-16-6-7-18-8-10-19(11-9-18)20-12-13-22-21-14-15-23(36-25(34)5-2)17(3)27(21)37-28(22)26(20)29(30,31)32/h4-5,8-15H,1-2,6-7,16H2,3H3. The van der Waals surface area contributed by atoms with E-state index in [1.807, 2.05) is 0 Å². The molecule has 0 aliphatic rings. The number of hydrogen-bond donors (Lipinski definition) is 0. The predicted molar refractivity (Wildman–Crippen MR) is 140 cm³/mol. The minimum absolute atomic E-state index is 0.0916. The lowest BCUT2D eigenvalue weighted by Crippen LogP contribution is -2.07. The fourth-order valence-corrected chi connectivity index (χ4v) is 5.52. The zero-order chi connectivity index (χ0) is 26.7. The van der Waals surface area contributed by atoms with Gasteiger partial charge in [-0.05, 0) is 48.6 Å². The number of carbonyl (C=O) groups is 2. The molecule has 4 aromatic rings. The van der Waals surface area contributed by atoms with Gasteiger partial charge in [-0.1, -0.05) is 49.6 Å². The van der Waals surface area contributed by atoms with Gasteiger partial charge in [0.25, 0.3) is 0 Å². The first-order valence-electron chi connectivity index (χ1n) is 11.4. The van der Waals surface area contributed by atoms with Gasteiger partial charge < -0.3 is 9.47 Å². The van der Waals surface area contributed by atoms with Crippen LogP contribution in [-0.2, 0) is 26.9 Å². The number of carbonyl (C=O) groups excluding carboxylic acids is 2. The van der Waals surface area contributed by atoms with Gasteiger partial charge in [0.2, 0.25) is 0 Å². The first kappa shape index (κ1) is 26.2. The number of aryl methyl sites for hydroxylation is 2. The molecule has 0 bridgehead atoms. The minimum atomic E-state index is -4.59. The Labute approximate surface area is 215 Å². The molecular weight excluding hydrogens is 501 g/mol. The molecule has 3 aromatic carbocycles. The molecule has 0 aliphatic heterocycles. The Balaban J connectivity index is 1.73. The lowest BCUT2D eigenvalue weighted by atomic mass is 9.95. The summed E-state index contributed by atoms with van der Waals surface area (Å²) in [6, 6.07) is 13.4. The van der Waals surface area contributed by atoms with Crippen LogP contribution in [0.5, 0.6) is 5.75 Å². The van der Waals surface area contributed by atoms with Crippen LogP contribution in [0.3, 0.4) is 0 Å². The molecule has 1 aromatic heterocycles. The summed E-state index contributed by atoms with van der Waals surface area (Å²) in [5.74, 6) is -0.841. The largest absolute Gasteiger partial charge is 0.463 e. The van der Waals surface area contributed by atoms with Crippen LogP contribution in [0.4, 0.5) is 13.2 Å². The number of benzene rings is 3. The van der Waals surface area contributed by atoms with Crippen molar-refractivity contribution >= 4 is 43.4 Å². The van der Waals surface area contributed by atoms with Crippen molar-refractivity contribution in [1.82, 2.24) is 0 Å². The summed E-state index contributed by atoms with van der Waals surface area (Å²) in [6.45, 7) is 8.67. The van der Waals surface area contributed by atoms with Crippen LogP contribution in [0.25, 0.3) is 31.3 Å². The van der Waals surface area contributed by atoms with Gasteiger partial charge in [0.1, 0.15) is 5.75 Å². The lowest BCUT2D eigenvalue weighted by Gasteiger charge is -2.15. The molecule has 4 rings (SSSR count). The highest BCUT2D eigenvalue weighted by atomic mass is 32.1. The third-order valence-corrected chi connectivity index (χ3v) is 7.31. The average Bonchev–Trinajstić information content (AvgIpc) is 3.26. The summed E-state index contributed by atoms with van der Waals surface area (Å²) in [5, 5.41) is 1.16. The first-order chi connectivity index (χ1) is 17.6. The van der Waals surface area contributed by atoms with Crippen LogP contribution in [0.1, 0.15) is 23.1 Å². The molecule has 4 nitrogen and oxygen atoms in total. The lowest BCUT2D eigenvalue weighted by molar-refractivity contribution is -0.138. The fourth-order valence-electron chi connectivity index (χ4n) is 4.16. The van der Waals surface area contributed by atoms with Gasteiger partial charge in [0.15, 0.2) is 0 Å². The maximum absolute atomic E-state index is 14.4. The Morgan fingerprint density at radius 3 is 2.22 bits per heavy atom. The SMILES string of the molecule is C=CC(=O)OCCCc1ccc(-c2ccc3c(sc4c(C)c(OC(=O)C=C)ccc43)c2C(F)(F)F)cc1. The van der Waals surface area contributed by atoms with Crippen LogP contribution in [0.2, 0.25) is 0 Å². The number of thiophene rings is 1. The first-order valence-corrected chi connectivity index (χ1v) is 12.2. The molecule has 0 radical (unpaired) electrons. The maximum Gasteiger partial charge on any atom is 0.418 e. The number of rotatable bonds is 8. The molecule has 0 fully saturated rings. The van der Waals surface area contributed by atoms with E-state index in [1.165, 1.54) is 6.07 Å². The van der Waals surface area contributed by atoms with Crippen molar-refractivity contribution in [2.24, 2.45) is 0 Å². The van der Waals surface area contributed by atoms with Gasteiger partial charge in [-0.3, -0.25) is 0 Å². The van der Waals surface area contributed by atoms with Crippen LogP contribution < -0.4 is 4.74 Å². The Morgan fingerprint density at radius 1 is 0.919 bits per heavy atom. The molecule has 8 heteroatoms. The fraction of sp³-hybridized carbons (Fsp3) is 0.172. The second kappa shape index (κ2) is 10.6. The molecule has 0 saturated heterocycles. The average molecular weight is 525 g/mol. The monoisotopic (exact) mass is 524 g/mol. The number of hydrogen-bond acceptors (Lipinski definition) is 5. The highest BCUT2D eigenvalue weighted by molar-refractivity contribution is 7.26. The van der Waals surface area contributed by atoms with Crippen molar-refractivity contribution < 1.29 is 32.2 Å². The summed E-state index contributed by atoms with van der Waals surface area (Å²) in [4.78, 5) is 22.8. The zero-order valence-electron chi connectivity index (χ0n) is 20.0. The predicted octanol–water partition coefficient (Wildman–Crippen LogP) is 7.80. The van der Waals surface area contributed by atoms with E-state index in [0.717, 1.165) is 29.1 Å². The zero-order valence-corrected chi connectivity index (χ0v) is 20.8. The van der Waals surface area contributed by atoms with Crippen molar-refractivity contribution in [2.75, 3.05) is 6.61 Å². The molecule has 0 amide bonds. The Kier molecular flexibility index (Phi) is 7.50. The Morgan fingerprint density at radius 2 is 1.57 bits per heavy atom. The van der Waals surface area contributed by atoms with Crippen LogP contribution >= 0.6 is 11.3 Å². The maximum atomic E-state index is 14.4. The van der Waals surface area contributed by atoms with E-state index < -0.39 is 23.7 Å². The molecule has 0 saturated carbocycles. The molecule has 0 N–H and O–H groups in total. The normalized spacial score (nSPS) is 11.5. The van der Waals surface area contributed by atoms with Gasteiger partial charge in [-0.15, -0.1) is 11.3 Å². The number of fused-ring (bicyclic) bond motifs is 3. The summed E-state index contributed by atoms with van der Waals surface area (Å²) in [5.41, 5.74) is 1.36. The molecule has 37 heavy (non-hydrogen) atoms. The summed E-state index contributed by atoms with van der Waals surface area (Å²) in [6.07, 6.45) is -1.26. The van der Waals surface area contributed by atoms with Crippen molar-refractivity contribution in [3.05, 3.63) is 90.5 Å². The van der Waals surface area contributed by atoms with Gasteiger partial charge in [0.05, 0.1) is 12.2 Å². The Bertz CT molecular complexity index is 1510. The van der Waals surface area contributed by atoms with E-state index in [4.69, 9.17) is 9.47 Å². The van der Waals surface area contributed by atoms with Gasteiger partial charge in [0, 0.05) is 37.9 Å². The number of ether oxygens (including phenoxy) is 2. The molecule has 0 atom stereocenters. The highest BCUT2D eigenvalue weighted by Crippen LogP contribution is 2.48. The number of esters is 2. The van der Waals surface area contributed by atoms with E-state index in [1.54, 1.807) is 49.4 Å². The van der Waals surface area contributed by atoms with Crippen LogP contribution in [0.15, 0.2) is 73.8 Å². The second-order valence-corrected chi connectivity index (χ2v) is 9.35. The van der Waals surface area contributed by atoms with Gasteiger partial charge >= 0.3 is 18.1 Å². The van der Waals surface area contributed by atoms with Crippen molar-refractivity contribution in [3.63, 3.8) is 0 Å². The number of halogens is 3. The third-order valence-electron chi connectivity index (χ3n) is 5.95. The van der Waals surface area contributed by atoms with Gasteiger partial charge in [-0.2, -0.15) is 13.2 Å². The molecule has 0 unspecified atom stereocenters. The van der Waals surface area contributed by atoms with Crippen LogP contribution in [0, 0.1) is 6.92 Å². The molecular formula is C29H23F3O4S. The topological polar surface area (TPSA) is 52.6 Å². The van der Waals surface area contributed by atoms with E-state index in [9.17, 15) is 22.8 Å².